The van der Waals surface area contributed by atoms with Crippen LogP contribution in [-0.2, 0) is 0 Å². The lowest BCUT2D eigenvalue weighted by Crippen LogP contribution is -2.29. The molecule has 0 amide bonds. The Hall–Kier alpha value is -1.48. The second-order valence-electron chi connectivity index (χ2n) is 7.03. The van der Waals surface area contributed by atoms with Crippen molar-refractivity contribution >= 4 is 18.0 Å². The predicted octanol–water partition coefficient (Wildman–Crippen LogP) is 1.91. The van der Waals surface area contributed by atoms with Gasteiger partial charge in [-0.25, -0.2) is 20.0 Å². The van der Waals surface area contributed by atoms with Gasteiger partial charge in [0.25, 0.3) is 0 Å². The topological polar surface area (TPSA) is 92.1 Å². The summed E-state index contributed by atoms with van der Waals surface area (Å²) in [6.45, 7) is 6.70. The number of nitrogens with two attached hydrogens (primary N) is 2. The summed E-state index contributed by atoms with van der Waals surface area (Å²) < 4.78 is 11.7. The first-order valence-corrected chi connectivity index (χ1v) is 10.1. The summed E-state index contributed by atoms with van der Waals surface area (Å²) in [5.74, 6) is 6.93. The van der Waals surface area contributed by atoms with Gasteiger partial charge in [-0.2, -0.15) is 0 Å². The molecule has 0 radical (unpaired) electrons. The summed E-state index contributed by atoms with van der Waals surface area (Å²) in [5.41, 5.74) is 7.30. The third-order valence-electron chi connectivity index (χ3n) is 5.12. The van der Waals surface area contributed by atoms with Crippen molar-refractivity contribution in [1.29, 1.82) is 0 Å². The largest absolute Gasteiger partial charge is 0.494 e. The molecule has 1 saturated carbocycles. The zero-order valence-electron chi connectivity index (χ0n) is 15.5. The predicted molar refractivity (Wildman–Crippen MR) is 107 cm³/mol. The zero-order valence-corrected chi connectivity index (χ0v) is 16.3. The number of rotatable bonds is 10. The van der Waals surface area contributed by atoms with Crippen LogP contribution in [0.4, 0.5) is 0 Å². The number of ether oxygens (including phenoxy) is 1. The van der Waals surface area contributed by atoms with Crippen LogP contribution < -0.4 is 21.0 Å². The quantitative estimate of drug-likeness (QED) is 0.188. The van der Waals surface area contributed by atoms with Gasteiger partial charge in [-0.15, -0.1) is 5.10 Å². The van der Waals surface area contributed by atoms with Gasteiger partial charge >= 0.3 is 0 Å². The summed E-state index contributed by atoms with van der Waals surface area (Å²) in [6, 6.07) is 7.72. The molecule has 2 aliphatic rings. The van der Waals surface area contributed by atoms with E-state index in [2.05, 4.69) is 14.1 Å². The molecule has 5 N–H and O–H groups in total. The van der Waals surface area contributed by atoms with Crippen molar-refractivity contribution in [3.63, 3.8) is 0 Å². The van der Waals surface area contributed by atoms with E-state index in [1.807, 2.05) is 31.2 Å². The first kappa shape index (κ1) is 19.3. The molecule has 1 heterocycles. The van der Waals surface area contributed by atoms with Crippen LogP contribution in [0.15, 0.2) is 29.4 Å². The maximum absolute atomic E-state index is 5.95. The minimum absolute atomic E-state index is 0.409. The highest BCUT2D eigenvalue weighted by Gasteiger charge is 2.42. The number of hydrazine groups is 1. The van der Waals surface area contributed by atoms with Gasteiger partial charge in [0.05, 0.1) is 13.2 Å². The molecule has 0 unspecified atom stereocenters. The van der Waals surface area contributed by atoms with Gasteiger partial charge in [0.1, 0.15) is 5.75 Å². The molecule has 2 fully saturated rings. The van der Waals surface area contributed by atoms with Crippen LogP contribution in [0.5, 0.6) is 5.75 Å². The minimum atomic E-state index is 0.409. The fourth-order valence-corrected chi connectivity index (χ4v) is 3.78. The van der Waals surface area contributed by atoms with Gasteiger partial charge in [0, 0.05) is 37.3 Å². The monoisotopic (exact) mass is 378 g/mol. The van der Waals surface area contributed by atoms with Crippen molar-refractivity contribution in [2.75, 3.05) is 32.8 Å². The van der Waals surface area contributed by atoms with Gasteiger partial charge in [-0.3, -0.25) is 0 Å². The molecular formula is C18H30N6OS. The Bertz CT molecular complexity index is 598. The normalized spacial score (nSPS) is 19.5. The van der Waals surface area contributed by atoms with Crippen molar-refractivity contribution in [3.8, 4) is 5.75 Å². The van der Waals surface area contributed by atoms with Gasteiger partial charge in [-0.1, -0.05) is 0 Å². The SMILES string of the molecule is CCN(N)/N=C(\N)c1ccc(OCCC2(CCN3CCNS3)CC2)cc1. The van der Waals surface area contributed by atoms with E-state index in [0.29, 0.717) is 17.8 Å². The Morgan fingerprint density at radius 2 is 2.12 bits per heavy atom. The van der Waals surface area contributed by atoms with Crippen molar-refractivity contribution in [2.24, 2.45) is 22.1 Å². The van der Waals surface area contributed by atoms with Crippen LogP contribution in [0.3, 0.4) is 0 Å². The zero-order chi connectivity index (χ0) is 18.4. The van der Waals surface area contributed by atoms with Crippen molar-refractivity contribution in [3.05, 3.63) is 29.8 Å². The number of hydrogen-bond acceptors (Lipinski definition) is 7. The lowest BCUT2D eigenvalue weighted by atomic mass is 9.99. The Morgan fingerprint density at radius 1 is 1.35 bits per heavy atom. The number of benzene rings is 1. The third-order valence-corrected chi connectivity index (χ3v) is 6.07. The molecule has 8 heteroatoms. The summed E-state index contributed by atoms with van der Waals surface area (Å²) in [5, 5.41) is 5.43. The molecule has 7 nitrogen and oxygen atoms in total. The Morgan fingerprint density at radius 3 is 2.73 bits per heavy atom. The van der Waals surface area contributed by atoms with E-state index in [0.717, 1.165) is 37.4 Å². The van der Waals surface area contributed by atoms with E-state index >= 15 is 0 Å². The molecule has 1 aromatic rings. The molecule has 144 valence electrons. The number of hydrogen-bond donors (Lipinski definition) is 3. The molecule has 0 bridgehead atoms. The second-order valence-corrected chi connectivity index (χ2v) is 8.02. The van der Waals surface area contributed by atoms with Crippen LogP contribution >= 0.6 is 12.1 Å². The molecule has 0 atom stereocenters. The molecule has 1 saturated heterocycles. The average molecular weight is 379 g/mol. The van der Waals surface area contributed by atoms with Crippen molar-refractivity contribution in [1.82, 2.24) is 14.1 Å². The van der Waals surface area contributed by atoms with Crippen LogP contribution in [-0.4, -0.2) is 48.0 Å². The van der Waals surface area contributed by atoms with E-state index in [1.165, 1.54) is 30.9 Å². The van der Waals surface area contributed by atoms with Crippen molar-refractivity contribution < 1.29 is 4.74 Å². The second kappa shape index (κ2) is 8.94. The summed E-state index contributed by atoms with van der Waals surface area (Å²) >= 11 is 1.76. The highest BCUT2D eigenvalue weighted by atomic mass is 32.2. The van der Waals surface area contributed by atoms with E-state index < -0.39 is 0 Å². The smallest absolute Gasteiger partial charge is 0.152 e. The van der Waals surface area contributed by atoms with Crippen LogP contribution in [0.25, 0.3) is 0 Å². The minimum Gasteiger partial charge on any atom is -0.494 e. The first-order valence-electron chi connectivity index (χ1n) is 9.34. The molecular weight excluding hydrogens is 348 g/mol. The average Bonchev–Trinajstić information content (AvgIpc) is 3.22. The lowest BCUT2D eigenvalue weighted by Gasteiger charge is -2.19. The van der Waals surface area contributed by atoms with Gasteiger partial charge < -0.3 is 10.5 Å². The van der Waals surface area contributed by atoms with Crippen molar-refractivity contribution in [2.45, 2.75) is 32.6 Å². The maximum atomic E-state index is 5.95. The molecule has 26 heavy (non-hydrogen) atoms. The highest BCUT2D eigenvalue weighted by molar-refractivity contribution is 7.95. The molecule has 1 aliphatic carbocycles. The summed E-state index contributed by atoms with van der Waals surface area (Å²) in [4.78, 5) is 0. The van der Waals surface area contributed by atoms with Gasteiger partial charge in [0.15, 0.2) is 5.84 Å². The van der Waals surface area contributed by atoms with Crippen LogP contribution in [0, 0.1) is 5.41 Å². The summed E-state index contributed by atoms with van der Waals surface area (Å²) in [7, 11) is 0. The number of nitrogens with one attached hydrogen (secondary N) is 1. The van der Waals surface area contributed by atoms with Crippen LogP contribution in [0.2, 0.25) is 0 Å². The molecule has 1 aliphatic heterocycles. The van der Waals surface area contributed by atoms with Crippen LogP contribution in [0.1, 0.15) is 38.2 Å². The molecule has 0 spiro atoms. The Kier molecular flexibility index (Phi) is 6.63. The number of nitrogens with zero attached hydrogens (tertiary/aromatic N) is 3. The van der Waals surface area contributed by atoms with Gasteiger partial charge in [0.2, 0.25) is 0 Å². The molecule has 3 rings (SSSR count). The van der Waals surface area contributed by atoms with E-state index in [1.54, 1.807) is 12.1 Å². The Labute approximate surface area is 160 Å². The standard InChI is InChI=1S/C18H30N6OS/c1-2-24(20)22-17(19)15-3-5-16(6-4-15)25-14-10-18(7-8-18)9-12-23-13-11-21-26-23/h3-6,21H,2,7-14,20H2,1H3,(H2,19,22). The third kappa shape index (κ3) is 5.51. The summed E-state index contributed by atoms with van der Waals surface area (Å²) in [6.07, 6.45) is 5.06. The Balaban J connectivity index is 1.41. The number of hydrazone groups is 1. The molecule has 0 aromatic heterocycles. The van der Waals surface area contributed by atoms with Gasteiger partial charge in [-0.05, 0) is 62.3 Å². The van der Waals surface area contributed by atoms with E-state index in [4.69, 9.17) is 16.3 Å². The fourth-order valence-electron chi connectivity index (χ4n) is 3.05. The maximum Gasteiger partial charge on any atom is 0.152 e. The first-order chi connectivity index (χ1) is 12.6. The molecule has 1 aromatic carbocycles. The van der Waals surface area contributed by atoms with E-state index in [9.17, 15) is 0 Å². The highest BCUT2D eigenvalue weighted by Crippen LogP contribution is 2.52. The van der Waals surface area contributed by atoms with E-state index in [-0.39, 0.29) is 0 Å². The fraction of sp³-hybridized carbons (Fsp3) is 0.611. The lowest BCUT2D eigenvalue weighted by molar-refractivity contribution is 0.255. The number of amidine groups is 1.